The molecule has 0 unspecified atom stereocenters. The van der Waals surface area contributed by atoms with Gasteiger partial charge in [-0.15, -0.1) is 11.3 Å². The minimum absolute atomic E-state index is 0.926. The van der Waals surface area contributed by atoms with E-state index in [1.54, 1.807) is 0 Å². The summed E-state index contributed by atoms with van der Waals surface area (Å²) in [5.41, 5.74) is 7.74. The van der Waals surface area contributed by atoms with E-state index in [4.69, 9.17) is 4.42 Å². The average Bonchev–Trinajstić information content (AvgIpc) is 3.62. The molecule has 0 saturated heterocycles. The maximum absolute atomic E-state index is 6.07. The van der Waals surface area contributed by atoms with Crippen molar-refractivity contribution in [2.45, 2.75) is 0 Å². The zero-order chi connectivity index (χ0) is 28.3. The predicted molar refractivity (Wildman–Crippen MR) is 184 cm³/mol. The number of nitrogens with zero attached hydrogens (tertiary/aromatic N) is 1. The molecule has 7 aromatic carbocycles. The highest BCUT2D eigenvalue weighted by Crippen LogP contribution is 2.43. The first-order chi connectivity index (χ1) is 21.3. The molecule has 2 aromatic heterocycles. The van der Waals surface area contributed by atoms with Crippen molar-refractivity contribution in [2.75, 3.05) is 4.90 Å². The molecule has 0 bridgehead atoms. The van der Waals surface area contributed by atoms with Crippen LogP contribution < -0.4 is 4.90 Å². The Hall–Kier alpha value is -5.38. The summed E-state index contributed by atoms with van der Waals surface area (Å²) in [6, 6.07) is 54.4. The highest BCUT2D eigenvalue weighted by atomic mass is 32.1. The van der Waals surface area contributed by atoms with Crippen LogP contribution in [0.15, 0.2) is 156 Å². The molecule has 2 nitrogen and oxygen atoms in total. The number of furan rings is 1. The zero-order valence-electron chi connectivity index (χ0n) is 23.2. The summed E-state index contributed by atoms with van der Waals surface area (Å²) in [6.07, 6.45) is 0. The highest BCUT2D eigenvalue weighted by Gasteiger charge is 2.17. The van der Waals surface area contributed by atoms with Crippen LogP contribution >= 0.6 is 11.3 Å². The lowest BCUT2D eigenvalue weighted by atomic mass is 10.0. The normalized spacial score (nSPS) is 11.7. The molecule has 0 radical (unpaired) electrons. The van der Waals surface area contributed by atoms with E-state index in [2.05, 4.69) is 144 Å². The molecular weight excluding hydrogens is 543 g/mol. The summed E-state index contributed by atoms with van der Waals surface area (Å²) < 4.78 is 8.64. The van der Waals surface area contributed by atoms with Crippen molar-refractivity contribution in [3.05, 3.63) is 152 Å². The molecule has 0 spiro atoms. The van der Waals surface area contributed by atoms with Gasteiger partial charge in [-0.25, -0.2) is 0 Å². The first-order valence-electron chi connectivity index (χ1n) is 14.5. The summed E-state index contributed by atoms with van der Waals surface area (Å²) in [4.78, 5) is 2.38. The molecule has 0 fully saturated rings. The van der Waals surface area contributed by atoms with Gasteiger partial charge in [0.1, 0.15) is 11.2 Å². The first kappa shape index (κ1) is 24.2. The molecule has 9 aromatic rings. The number of hydrogen-bond acceptors (Lipinski definition) is 3. The molecule has 0 aliphatic heterocycles. The summed E-state index contributed by atoms with van der Waals surface area (Å²) >= 11 is 1.86. The van der Waals surface area contributed by atoms with Crippen molar-refractivity contribution < 1.29 is 4.42 Å². The van der Waals surface area contributed by atoms with E-state index in [-0.39, 0.29) is 0 Å². The second kappa shape index (κ2) is 9.59. The molecule has 3 heteroatoms. The topological polar surface area (TPSA) is 16.4 Å². The van der Waals surface area contributed by atoms with E-state index >= 15 is 0 Å². The molecular formula is C40H25NOS. The highest BCUT2D eigenvalue weighted by molar-refractivity contribution is 7.25. The SMILES string of the molecule is c1ccc(N(c2ccc3c(c2)sc2cc(-c4ccc5oc6ccccc6c5c4)ccc23)c2cccc3ccccc23)cc1. The Morgan fingerprint density at radius 1 is 0.419 bits per heavy atom. The van der Waals surface area contributed by atoms with Gasteiger partial charge in [-0.3, -0.25) is 0 Å². The van der Waals surface area contributed by atoms with Gasteiger partial charge in [-0.1, -0.05) is 97.1 Å². The fraction of sp³-hybridized carbons (Fsp3) is 0. The number of para-hydroxylation sites is 2. The fourth-order valence-electron chi connectivity index (χ4n) is 6.40. The van der Waals surface area contributed by atoms with Gasteiger partial charge in [0.15, 0.2) is 0 Å². The van der Waals surface area contributed by atoms with Crippen LogP contribution in [-0.2, 0) is 0 Å². The molecule has 9 rings (SSSR count). The lowest BCUT2D eigenvalue weighted by Crippen LogP contribution is -2.10. The zero-order valence-corrected chi connectivity index (χ0v) is 24.0. The predicted octanol–water partition coefficient (Wildman–Crippen LogP) is 12.2. The largest absolute Gasteiger partial charge is 0.456 e. The van der Waals surface area contributed by atoms with Gasteiger partial charge in [0.05, 0.1) is 5.69 Å². The maximum atomic E-state index is 6.07. The Kier molecular flexibility index (Phi) is 5.40. The third-order valence-corrected chi connectivity index (χ3v) is 9.56. The minimum Gasteiger partial charge on any atom is -0.456 e. The molecule has 0 aliphatic rings. The van der Waals surface area contributed by atoms with Gasteiger partial charge >= 0.3 is 0 Å². The quantitative estimate of drug-likeness (QED) is 0.210. The van der Waals surface area contributed by atoms with Gasteiger partial charge < -0.3 is 9.32 Å². The van der Waals surface area contributed by atoms with E-state index < -0.39 is 0 Å². The Balaban J connectivity index is 1.18. The molecule has 43 heavy (non-hydrogen) atoms. The third kappa shape index (κ3) is 3.93. The molecule has 0 N–H and O–H groups in total. The number of rotatable bonds is 4. The van der Waals surface area contributed by atoms with E-state index in [1.807, 2.05) is 23.5 Å². The van der Waals surface area contributed by atoms with Crippen LogP contribution in [0.2, 0.25) is 0 Å². The van der Waals surface area contributed by atoms with E-state index in [0.717, 1.165) is 33.3 Å². The summed E-state index contributed by atoms with van der Waals surface area (Å²) in [6.45, 7) is 0. The second-order valence-electron chi connectivity index (χ2n) is 11.0. The lowest BCUT2D eigenvalue weighted by molar-refractivity contribution is 0.669. The number of benzene rings is 7. The van der Waals surface area contributed by atoms with Crippen LogP contribution in [0, 0.1) is 0 Å². The van der Waals surface area contributed by atoms with Crippen LogP contribution in [0.1, 0.15) is 0 Å². The molecule has 0 atom stereocenters. The van der Waals surface area contributed by atoms with Gasteiger partial charge in [0, 0.05) is 47.7 Å². The summed E-state index contributed by atoms with van der Waals surface area (Å²) in [5, 5.41) is 7.36. The van der Waals surface area contributed by atoms with Crippen molar-refractivity contribution in [2.24, 2.45) is 0 Å². The second-order valence-corrected chi connectivity index (χ2v) is 12.1. The van der Waals surface area contributed by atoms with Crippen LogP contribution in [0.5, 0.6) is 0 Å². The molecule has 2 heterocycles. The average molecular weight is 568 g/mol. The van der Waals surface area contributed by atoms with Crippen LogP contribution in [0.4, 0.5) is 17.1 Å². The number of hydrogen-bond donors (Lipinski definition) is 0. The van der Waals surface area contributed by atoms with Gasteiger partial charge in [0.2, 0.25) is 0 Å². The minimum atomic E-state index is 0.926. The van der Waals surface area contributed by atoms with Crippen molar-refractivity contribution in [1.82, 2.24) is 0 Å². The van der Waals surface area contributed by atoms with Gasteiger partial charge in [0.25, 0.3) is 0 Å². The number of thiophene rings is 1. The number of anilines is 3. The summed E-state index contributed by atoms with van der Waals surface area (Å²) in [5.74, 6) is 0. The van der Waals surface area contributed by atoms with Crippen molar-refractivity contribution >= 4 is 81.3 Å². The summed E-state index contributed by atoms with van der Waals surface area (Å²) in [7, 11) is 0. The monoisotopic (exact) mass is 567 g/mol. The van der Waals surface area contributed by atoms with Crippen LogP contribution in [0.25, 0.3) is 64.0 Å². The van der Waals surface area contributed by atoms with Crippen molar-refractivity contribution in [3.63, 3.8) is 0 Å². The molecule has 0 amide bonds. The van der Waals surface area contributed by atoms with Crippen LogP contribution in [-0.4, -0.2) is 0 Å². The van der Waals surface area contributed by atoms with Crippen molar-refractivity contribution in [1.29, 1.82) is 0 Å². The Morgan fingerprint density at radius 3 is 2.00 bits per heavy atom. The smallest absolute Gasteiger partial charge is 0.135 e. The fourth-order valence-corrected chi connectivity index (χ4v) is 7.58. The van der Waals surface area contributed by atoms with E-state index in [9.17, 15) is 0 Å². The van der Waals surface area contributed by atoms with E-state index in [0.29, 0.717) is 0 Å². The van der Waals surface area contributed by atoms with Crippen LogP contribution in [0.3, 0.4) is 0 Å². The molecule has 0 saturated carbocycles. The van der Waals surface area contributed by atoms with E-state index in [1.165, 1.54) is 47.8 Å². The lowest BCUT2D eigenvalue weighted by Gasteiger charge is -2.27. The standard InChI is InChI=1S/C40H25NOS/c1-2-11-29(12-3-1)41(36-15-8-10-26-9-4-5-13-31(26)36)30-19-21-34-33-20-17-28(24-39(33)43-40(34)25-30)27-18-22-38-35(23-27)32-14-6-7-16-37(32)42-38/h1-25H. The number of fused-ring (bicyclic) bond motifs is 7. The van der Waals surface area contributed by atoms with Gasteiger partial charge in [-0.2, -0.15) is 0 Å². The molecule has 0 aliphatic carbocycles. The maximum Gasteiger partial charge on any atom is 0.135 e. The Bertz CT molecular complexity index is 2460. The Labute approximate surface area is 252 Å². The van der Waals surface area contributed by atoms with Gasteiger partial charge in [-0.05, 0) is 71.1 Å². The van der Waals surface area contributed by atoms with Crippen molar-refractivity contribution in [3.8, 4) is 11.1 Å². The first-order valence-corrected chi connectivity index (χ1v) is 15.3. The Morgan fingerprint density at radius 2 is 1.09 bits per heavy atom. The third-order valence-electron chi connectivity index (χ3n) is 8.45. The molecule has 202 valence electrons.